The third-order valence-corrected chi connectivity index (χ3v) is 3.68. The standard InChI is InChI=1S/C16H27N3O2/c1-16(2,3)21-15-13(17)8-9-14(18-15)19(10-11-20)12-6-4-5-7-12/h8-9,12,20H,4-7,10-11,17H2,1-3H3. The molecular weight excluding hydrogens is 266 g/mol. The van der Waals surface area contributed by atoms with Gasteiger partial charge in [0.2, 0.25) is 5.88 Å². The number of pyridine rings is 1. The van der Waals surface area contributed by atoms with Crippen molar-refractivity contribution in [2.75, 3.05) is 23.8 Å². The molecule has 0 unspecified atom stereocenters. The zero-order valence-corrected chi connectivity index (χ0v) is 13.3. The number of nitrogen functional groups attached to an aromatic ring is 1. The highest BCUT2D eigenvalue weighted by Gasteiger charge is 2.24. The van der Waals surface area contributed by atoms with Gasteiger partial charge >= 0.3 is 0 Å². The van der Waals surface area contributed by atoms with Crippen molar-refractivity contribution in [2.24, 2.45) is 0 Å². The van der Waals surface area contributed by atoms with Gasteiger partial charge in [-0.1, -0.05) is 12.8 Å². The van der Waals surface area contributed by atoms with Gasteiger partial charge in [0, 0.05) is 12.6 Å². The number of rotatable bonds is 5. The Morgan fingerprint density at radius 3 is 2.57 bits per heavy atom. The van der Waals surface area contributed by atoms with Gasteiger partial charge in [0.1, 0.15) is 11.4 Å². The summed E-state index contributed by atoms with van der Waals surface area (Å²) >= 11 is 0. The van der Waals surface area contributed by atoms with Crippen LogP contribution in [0.25, 0.3) is 0 Å². The van der Waals surface area contributed by atoms with E-state index < -0.39 is 0 Å². The second kappa shape index (κ2) is 6.52. The number of aliphatic hydroxyl groups excluding tert-OH is 1. The molecule has 0 aliphatic heterocycles. The monoisotopic (exact) mass is 293 g/mol. The number of nitrogens with zero attached hydrogens (tertiary/aromatic N) is 2. The molecule has 1 fully saturated rings. The van der Waals surface area contributed by atoms with Gasteiger partial charge in [0.25, 0.3) is 0 Å². The lowest BCUT2D eigenvalue weighted by Crippen LogP contribution is -2.36. The van der Waals surface area contributed by atoms with Gasteiger partial charge in [-0.15, -0.1) is 0 Å². The Kier molecular flexibility index (Phi) is 4.93. The van der Waals surface area contributed by atoms with Crippen molar-refractivity contribution in [3.63, 3.8) is 0 Å². The number of nitrogens with two attached hydrogens (primary N) is 1. The first-order valence-electron chi connectivity index (χ1n) is 7.74. The average Bonchev–Trinajstić information content (AvgIpc) is 2.91. The van der Waals surface area contributed by atoms with Crippen molar-refractivity contribution in [1.29, 1.82) is 0 Å². The van der Waals surface area contributed by atoms with E-state index >= 15 is 0 Å². The van der Waals surface area contributed by atoms with Crippen LogP contribution in [0.15, 0.2) is 12.1 Å². The zero-order chi connectivity index (χ0) is 15.5. The predicted octanol–water partition coefficient (Wildman–Crippen LogP) is 2.58. The molecule has 1 aromatic rings. The predicted molar refractivity (Wildman–Crippen MR) is 85.7 cm³/mol. The number of hydrogen-bond donors (Lipinski definition) is 2. The zero-order valence-electron chi connectivity index (χ0n) is 13.3. The van der Waals surface area contributed by atoms with Crippen molar-refractivity contribution in [2.45, 2.75) is 58.1 Å². The summed E-state index contributed by atoms with van der Waals surface area (Å²) in [5, 5.41) is 9.34. The summed E-state index contributed by atoms with van der Waals surface area (Å²) in [7, 11) is 0. The number of aromatic nitrogens is 1. The van der Waals surface area contributed by atoms with Crippen LogP contribution in [0.2, 0.25) is 0 Å². The molecule has 0 aromatic carbocycles. The fourth-order valence-electron chi connectivity index (χ4n) is 2.78. The molecule has 1 aliphatic carbocycles. The molecule has 1 saturated carbocycles. The van der Waals surface area contributed by atoms with Crippen molar-refractivity contribution < 1.29 is 9.84 Å². The molecular formula is C16H27N3O2. The normalized spacial score (nSPS) is 16.2. The lowest BCUT2D eigenvalue weighted by atomic mass is 10.2. The molecule has 0 saturated heterocycles. The van der Waals surface area contributed by atoms with Crippen LogP contribution in [0.5, 0.6) is 5.88 Å². The highest BCUT2D eigenvalue weighted by atomic mass is 16.5. The van der Waals surface area contributed by atoms with Crippen molar-refractivity contribution >= 4 is 11.5 Å². The smallest absolute Gasteiger partial charge is 0.239 e. The summed E-state index contributed by atoms with van der Waals surface area (Å²) < 4.78 is 5.84. The molecule has 0 radical (unpaired) electrons. The van der Waals surface area contributed by atoms with E-state index in [9.17, 15) is 5.11 Å². The Hall–Kier alpha value is -1.49. The van der Waals surface area contributed by atoms with Crippen LogP contribution < -0.4 is 15.4 Å². The topological polar surface area (TPSA) is 71.6 Å². The van der Waals surface area contributed by atoms with E-state index in [2.05, 4.69) is 9.88 Å². The average molecular weight is 293 g/mol. The van der Waals surface area contributed by atoms with Crippen LogP contribution >= 0.6 is 0 Å². The maximum atomic E-state index is 9.34. The third kappa shape index (κ3) is 4.24. The molecule has 0 atom stereocenters. The van der Waals surface area contributed by atoms with Crippen LogP contribution in [0.1, 0.15) is 46.5 Å². The number of anilines is 2. The third-order valence-electron chi connectivity index (χ3n) is 3.68. The van der Waals surface area contributed by atoms with Crippen LogP contribution in [-0.2, 0) is 0 Å². The first-order chi connectivity index (χ1) is 9.90. The van der Waals surface area contributed by atoms with Crippen molar-refractivity contribution in [3.8, 4) is 5.88 Å². The van der Waals surface area contributed by atoms with Crippen LogP contribution in [0.3, 0.4) is 0 Å². The fourth-order valence-corrected chi connectivity index (χ4v) is 2.78. The molecule has 118 valence electrons. The minimum Gasteiger partial charge on any atom is -0.470 e. The first kappa shape index (κ1) is 15.9. The molecule has 2 rings (SSSR count). The highest BCUT2D eigenvalue weighted by molar-refractivity contribution is 5.55. The fraction of sp³-hybridized carbons (Fsp3) is 0.688. The summed E-state index contributed by atoms with van der Waals surface area (Å²) in [5.41, 5.74) is 6.18. The van der Waals surface area contributed by atoms with Gasteiger partial charge in [-0.25, -0.2) is 0 Å². The lowest BCUT2D eigenvalue weighted by molar-refractivity contribution is 0.125. The highest BCUT2D eigenvalue weighted by Crippen LogP contribution is 2.31. The minimum absolute atomic E-state index is 0.123. The van der Waals surface area contributed by atoms with Gasteiger partial charge < -0.3 is 20.5 Å². The quantitative estimate of drug-likeness (QED) is 0.873. The van der Waals surface area contributed by atoms with E-state index in [4.69, 9.17) is 10.5 Å². The molecule has 0 amide bonds. The Morgan fingerprint density at radius 1 is 1.33 bits per heavy atom. The Bertz CT molecular complexity index is 465. The summed E-state index contributed by atoms with van der Waals surface area (Å²) in [6.07, 6.45) is 4.79. The largest absolute Gasteiger partial charge is 0.470 e. The molecule has 1 heterocycles. The van der Waals surface area contributed by atoms with Crippen molar-refractivity contribution in [1.82, 2.24) is 4.98 Å². The molecule has 1 aromatic heterocycles. The maximum Gasteiger partial charge on any atom is 0.239 e. The minimum atomic E-state index is -0.338. The second-order valence-corrected chi connectivity index (χ2v) is 6.63. The Morgan fingerprint density at radius 2 is 2.00 bits per heavy atom. The molecule has 21 heavy (non-hydrogen) atoms. The first-order valence-corrected chi connectivity index (χ1v) is 7.74. The van der Waals surface area contributed by atoms with Crippen LogP contribution in [0, 0.1) is 0 Å². The molecule has 5 heteroatoms. The Labute approximate surface area is 127 Å². The summed E-state index contributed by atoms with van der Waals surface area (Å²) in [4.78, 5) is 6.77. The molecule has 1 aliphatic rings. The summed E-state index contributed by atoms with van der Waals surface area (Å²) in [6, 6.07) is 4.21. The molecule has 5 nitrogen and oxygen atoms in total. The van der Waals surface area contributed by atoms with Crippen LogP contribution in [0.4, 0.5) is 11.5 Å². The van der Waals surface area contributed by atoms with E-state index in [1.807, 2.05) is 32.9 Å². The van der Waals surface area contributed by atoms with Gasteiger partial charge in [0.15, 0.2) is 0 Å². The van der Waals surface area contributed by atoms with E-state index in [0.717, 1.165) is 18.7 Å². The summed E-state index contributed by atoms with van der Waals surface area (Å²) in [5.74, 6) is 1.31. The molecule has 3 N–H and O–H groups in total. The van der Waals surface area contributed by atoms with Crippen molar-refractivity contribution in [3.05, 3.63) is 12.1 Å². The SMILES string of the molecule is CC(C)(C)Oc1nc(N(CCO)C2CCCC2)ccc1N. The van der Waals surface area contributed by atoms with E-state index in [1.165, 1.54) is 12.8 Å². The molecule has 0 bridgehead atoms. The number of ether oxygens (including phenoxy) is 1. The second-order valence-electron chi connectivity index (χ2n) is 6.63. The van der Waals surface area contributed by atoms with Crippen LogP contribution in [-0.4, -0.2) is 34.9 Å². The van der Waals surface area contributed by atoms with Gasteiger partial charge in [-0.3, -0.25) is 0 Å². The van der Waals surface area contributed by atoms with Gasteiger partial charge in [-0.05, 0) is 45.7 Å². The number of hydrogen-bond acceptors (Lipinski definition) is 5. The van der Waals surface area contributed by atoms with E-state index in [0.29, 0.717) is 24.2 Å². The Balaban J connectivity index is 2.25. The van der Waals surface area contributed by atoms with Gasteiger partial charge in [-0.2, -0.15) is 4.98 Å². The van der Waals surface area contributed by atoms with Gasteiger partial charge in [0.05, 0.1) is 12.3 Å². The summed E-state index contributed by atoms with van der Waals surface area (Å²) in [6.45, 7) is 6.64. The molecule has 0 spiro atoms. The lowest BCUT2D eigenvalue weighted by Gasteiger charge is -2.30. The number of aliphatic hydroxyl groups is 1. The van der Waals surface area contributed by atoms with E-state index in [1.54, 1.807) is 0 Å². The van der Waals surface area contributed by atoms with E-state index in [-0.39, 0.29) is 12.2 Å². The maximum absolute atomic E-state index is 9.34.